The lowest BCUT2D eigenvalue weighted by atomic mass is 10.1. The second-order valence-electron chi connectivity index (χ2n) is 13.9. The summed E-state index contributed by atoms with van der Waals surface area (Å²) in [5.41, 5.74) is 0. The van der Waals surface area contributed by atoms with Gasteiger partial charge < -0.3 is 82.0 Å². The quantitative estimate of drug-likeness (QED) is 0.335. The van der Waals surface area contributed by atoms with Crippen LogP contribution in [0, 0.1) is 0 Å². The summed E-state index contributed by atoms with van der Waals surface area (Å²) in [5.74, 6) is -4.01. The van der Waals surface area contributed by atoms with Gasteiger partial charge in [-0.2, -0.15) is 0 Å². The van der Waals surface area contributed by atoms with Crippen molar-refractivity contribution in [3.05, 3.63) is 0 Å². The first-order valence-corrected chi connectivity index (χ1v) is 16.2. The lowest BCUT2D eigenvalue weighted by Gasteiger charge is -2.39. The second kappa shape index (κ2) is 15.4. The maximum Gasteiger partial charge on any atom is 0.303 e. The van der Waals surface area contributed by atoms with Crippen molar-refractivity contribution in [2.75, 3.05) is 26.9 Å². The Kier molecular flexibility index (Phi) is 12.6. The van der Waals surface area contributed by atoms with E-state index in [1.54, 1.807) is 41.7 Å². The summed E-state index contributed by atoms with van der Waals surface area (Å²) in [7, 11) is 1.55. The molecule has 7 fully saturated rings. The maximum atomic E-state index is 11.0. The molecule has 7 aliphatic rings. The molecule has 19 nitrogen and oxygen atoms in total. The van der Waals surface area contributed by atoms with Crippen molar-refractivity contribution in [2.45, 2.75) is 159 Å². The number of carbonyl (C=O) groups is 2. The zero-order valence-corrected chi connectivity index (χ0v) is 30.0. The number of hydrogen-bond donors (Lipinski definition) is 2. The van der Waals surface area contributed by atoms with Crippen LogP contribution in [0.2, 0.25) is 0 Å². The Morgan fingerprint density at radius 2 is 1.22 bits per heavy atom. The van der Waals surface area contributed by atoms with E-state index < -0.39 is 84.5 Å². The van der Waals surface area contributed by atoms with E-state index in [0.29, 0.717) is 6.61 Å². The predicted octanol–water partition coefficient (Wildman–Crippen LogP) is -0.653. The number of esters is 2. The number of aliphatic hydroxyl groups excluding tert-OH is 2. The lowest BCUT2D eigenvalue weighted by Crippen LogP contribution is -2.53. The Hall–Kier alpha value is -1.66. The van der Waals surface area contributed by atoms with Crippen molar-refractivity contribution in [1.82, 2.24) is 0 Å². The minimum atomic E-state index is -1.03. The van der Waals surface area contributed by atoms with Crippen molar-refractivity contribution in [3.63, 3.8) is 0 Å². The molecule has 13 atom stereocenters. The highest BCUT2D eigenvalue weighted by molar-refractivity contribution is 5.66. The maximum absolute atomic E-state index is 11.0. The Labute approximate surface area is 290 Å². The average molecular weight is 729 g/mol. The van der Waals surface area contributed by atoms with E-state index >= 15 is 0 Å². The van der Waals surface area contributed by atoms with E-state index in [4.69, 9.17) is 71.4 Å². The Morgan fingerprint density at radius 3 is 1.74 bits per heavy atom. The molecule has 0 amide bonds. The van der Waals surface area contributed by atoms with E-state index in [1.807, 2.05) is 13.8 Å². The molecule has 0 bridgehead atoms. The number of methoxy groups -OCH3 is 1. The van der Waals surface area contributed by atoms with Gasteiger partial charge in [-0.15, -0.1) is 0 Å². The molecule has 0 saturated carbocycles. The van der Waals surface area contributed by atoms with E-state index in [1.165, 1.54) is 13.8 Å². The van der Waals surface area contributed by atoms with Crippen LogP contribution in [-0.2, 0) is 75.9 Å². The average Bonchev–Trinajstić information content (AvgIpc) is 3.78. The van der Waals surface area contributed by atoms with Crippen molar-refractivity contribution in [2.24, 2.45) is 0 Å². The summed E-state index contributed by atoms with van der Waals surface area (Å²) in [6.07, 6.45) is -5.81. The molecule has 0 aliphatic carbocycles. The molecule has 19 heteroatoms. The van der Waals surface area contributed by atoms with Crippen LogP contribution in [0.3, 0.4) is 0 Å². The third kappa shape index (κ3) is 9.28. The molecular weight excluding hydrogens is 676 g/mol. The summed E-state index contributed by atoms with van der Waals surface area (Å²) in [5, 5.41) is 19.0. The van der Waals surface area contributed by atoms with Gasteiger partial charge in [-0.05, 0) is 41.5 Å². The van der Waals surface area contributed by atoms with E-state index in [9.17, 15) is 14.7 Å². The Bertz CT molecular complexity index is 1180. The SMILES string of the molecule is CC(=O)OC[C@H]1OC2OC(C)(C)O[C@@H]2[C@H]1O.CC(=O)O[C@H]1[C@@H](CO)OC2OC(C)(C)O[C@@H]21.COC1(C)OC[C@H]2OC3OC(C)(C)O[C@@H]3[C@H]2O1.O. The molecular formula is C31H52O19. The first-order chi connectivity index (χ1) is 22.7. The monoisotopic (exact) mass is 728 g/mol. The molecule has 7 rings (SSSR count). The van der Waals surface area contributed by atoms with Crippen molar-refractivity contribution in [3.8, 4) is 0 Å². The minimum Gasteiger partial charge on any atom is -0.463 e. The number of aliphatic hydroxyl groups is 2. The third-order valence-electron chi connectivity index (χ3n) is 8.45. The van der Waals surface area contributed by atoms with Gasteiger partial charge in [-0.3, -0.25) is 9.59 Å². The summed E-state index contributed by atoms with van der Waals surface area (Å²) in [6, 6.07) is 0. The van der Waals surface area contributed by atoms with Crippen LogP contribution in [0.1, 0.15) is 62.3 Å². The van der Waals surface area contributed by atoms with E-state index in [2.05, 4.69) is 0 Å². The van der Waals surface area contributed by atoms with Gasteiger partial charge >= 0.3 is 11.9 Å². The lowest BCUT2D eigenvalue weighted by molar-refractivity contribution is -0.416. The van der Waals surface area contributed by atoms with Crippen LogP contribution < -0.4 is 0 Å². The molecule has 50 heavy (non-hydrogen) atoms. The molecule has 0 aromatic carbocycles. The minimum absolute atomic E-state index is 0. The zero-order valence-electron chi connectivity index (χ0n) is 30.0. The van der Waals surface area contributed by atoms with Gasteiger partial charge in [0.1, 0.15) is 49.3 Å². The first-order valence-electron chi connectivity index (χ1n) is 16.2. The first kappa shape index (κ1) is 41.1. The molecule has 7 heterocycles. The van der Waals surface area contributed by atoms with E-state index in [0.717, 1.165) is 0 Å². The molecule has 7 aliphatic heterocycles. The van der Waals surface area contributed by atoms with Crippen molar-refractivity contribution < 1.29 is 91.6 Å². The highest BCUT2D eigenvalue weighted by atomic mass is 16.9. The summed E-state index contributed by atoms with van der Waals surface area (Å²) < 4.78 is 76.2. The summed E-state index contributed by atoms with van der Waals surface area (Å²) in [6.45, 7) is 15.3. The van der Waals surface area contributed by atoms with Gasteiger partial charge in [0.15, 0.2) is 48.4 Å². The van der Waals surface area contributed by atoms with Crippen LogP contribution in [-0.4, -0.2) is 152 Å². The Morgan fingerprint density at radius 1 is 0.700 bits per heavy atom. The van der Waals surface area contributed by atoms with E-state index in [-0.39, 0.29) is 43.3 Å². The molecule has 7 saturated heterocycles. The topological polar surface area (TPSA) is 235 Å². The molecule has 0 aromatic heterocycles. The fourth-order valence-electron chi connectivity index (χ4n) is 6.37. The fourth-order valence-corrected chi connectivity index (χ4v) is 6.37. The second-order valence-corrected chi connectivity index (χ2v) is 13.9. The van der Waals surface area contributed by atoms with Crippen molar-refractivity contribution in [1.29, 1.82) is 0 Å². The van der Waals surface area contributed by atoms with Gasteiger partial charge in [-0.1, -0.05) is 0 Å². The van der Waals surface area contributed by atoms with Gasteiger partial charge in [0.2, 0.25) is 0 Å². The van der Waals surface area contributed by atoms with Crippen molar-refractivity contribution >= 4 is 11.9 Å². The Balaban J connectivity index is 0.000000167. The van der Waals surface area contributed by atoms with Gasteiger partial charge in [0, 0.05) is 27.9 Å². The standard InChI is InChI=1S/C11H18O6.2C10H16O6.H2O/c1-10(2)15-8-7-6(14-9(8)17-10)5-13-11(3,12-4)16-7;1-5(11)13-4-6-7(12)8-9(14-6)16-10(2,3)15-8;1-5(12)13-7-6(4-11)14-9-8(7)15-10(2,3)16-9;/h6-9H,5H2,1-4H3;6-9,12H,4H2,1-3H3;6-9,11H,4H2,1-3H3;1H2/t6-,7+,8-,9?,11?;2*6-,7+,8-,9?;/m111./s1. The van der Waals surface area contributed by atoms with Crippen LogP contribution in [0.15, 0.2) is 0 Å². The smallest absolute Gasteiger partial charge is 0.303 e. The molecule has 4 N–H and O–H groups in total. The van der Waals surface area contributed by atoms with Gasteiger partial charge in [0.05, 0.1) is 13.2 Å². The number of carbonyl (C=O) groups excluding carboxylic acids is 2. The molecule has 0 aromatic rings. The third-order valence-corrected chi connectivity index (χ3v) is 8.45. The summed E-state index contributed by atoms with van der Waals surface area (Å²) >= 11 is 0. The summed E-state index contributed by atoms with van der Waals surface area (Å²) in [4.78, 5) is 21.6. The van der Waals surface area contributed by atoms with Crippen LogP contribution in [0.25, 0.3) is 0 Å². The normalized spacial score (nSPS) is 43.8. The number of ether oxygens (including phenoxy) is 14. The van der Waals surface area contributed by atoms with Crippen LogP contribution in [0.4, 0.5) is 0 Å². The van der Waals surface area contributed by atoms with Gasteiger partial charge in [0.25, 0.3) is 5.97 Å². The zero-order chi connectivity index (χ0) is 36.1. The molecule has 0 spiro atoms. The highest BCUT2D eigenvalue weighted by Gasteiger charge is 2.60. The van der Waals surface area contributed by atoms with Crippen LogP contribution in [0.5, 0.6) is 0 Å². The fraction of sp³-hybridized carbons (Fsp3) is 0.935. The number of hydrogen-bond acceptors (Lipinski definition) is 18. The largest absolute Gasteiger partial charge is 0.463 e. The molecule has 4 unspecified atom stereocenters. The van der Waals surface area contributed by atoms with Crippen LogP contribution >= 0.6 is 0 Å². The predicted molar refractivity (Wildman–Crippen MR) is 161 cm³/mol. The van der Waals surface area contributed by atoms with Gasteiger partial charge in [-0.25, -0.2) is 0 Å². The highest BCUT2D eigenvalue weighted by Crippen LogP contribution is 2.43. The molecule has 290 valence electrons. The molecule has 0 radical (unpaired) electrons. The number of rotatable bonds is 5. The number of fused-ring (bicyclic) bond motifs is 5.